The minimum Gasteiger partial charge on any atom is -0.464 e. The predicted octanol–water partition coefficient (Wildman–Crippen LogP) is 4.65. The summed E-state index contributed by atoms with van der Waals surface area (Å²) >= 11 is 0. The predicted molar refractivity (Wildman–Crippen MR) is 105 cm³/mol. The van der Waals surface area contributed by atoms with Crippen LogP contribution in [0.2, 0.25) is 0 Å². The third-order valence-electron chi connectivity index (χ3n) is 5.32. The van der Waals surface area contributed by atoms with E-state index in [9.17, 15) is 18.0 Å². The Morgan fingerprint density at radius 2 is 1.83 bits per heavy atom. The van der Waals surface area contributed by atoms with Crippen molar-refractivity contribution in [2.75, 3.05) is 31.1 Å². The molecule has 0 radical (unpaired) electrons. The van der Waals surface area contributed by atoms with E-state index in [0.717, 1.165) is 34.2 Å². The zero-order valence-corrected chi connectivity index (χ0v) is 16.0. The molecular formula is C22H21F3N2O2. The molecule has 1 amide bonds. The molecule has 0 N–H and O–H groups in total. The molecule has 0 spiro atoms. The van der Waals surface area contributed by atoms with Gasteiger partial charge in [-0.05, 0) is 36.8 Å². The fourth-order valence-electron chi connectivity index (χ4n) is 3.70. The number of aryl methyl sites for hydroxylation is 1. The van der Waals surface area contributed by atoms with E-state index in [1.807, 2.05) is 30.0 Å². The van der Waals surface area contributed by atoms with Crippen LogP contribution >= 0.6 is 0 Å². The maximum Gasteiger partial charge on any atom is 0.416 e. The summed E-state index contributed by atoms with van der Waals surface area (Å²) in [5, 5.41) is 0.937. The Hall–Kier alpha value is -2.96. The number of hydrogen-bond donors (Lipinski definition) is 0. The van der Waals surface area contributed by atoms with Gasteiger partial charge in [0.2, 0.25) is 5.91 Å². The Morgan fingerprint density at radius 3 is 2.55 bits per heavy atom. The van der Waals surface area contributed by atoms with Crippen LogP contribution in [0.3, 0.4) is 0 Å². The largest absolute Gasteiger partial charge is 0.464 e. The maximum absolute atomic E-state index is 12.9. The first kappa shape index (κ1) is 19.4. The second kappa shape index (κ2) is 7.46. The van der Waals surface area contributed by atoms with Crippen molar-refractivity contribution in [1.29, 1.82) is 0 Å². The van der Waals surface area contributed by atoms with Crippen molar-refractivity contribution in [3.63, 3.8) is 0 Å². The van der Waals surface area contributed by atoms with Crippen LogP contribution in [0, 0.1) is 6.92 Å². The second-order valence-electron chi connectivity index (χ2n) is 7.35. The van der Waals surface area contributed by atoms with Crippen LogP contribution in [-0.2, 0) is 17.4 Å². The van der Waals surface area contributed by atoms with E-state index in [-0.39, 0.29) is 12.3 Å². The number of halogens is 3. The molecule has 1 saturated heterocycles. The molecule has 0 unspecified atom stereocenters. The summed E-state index contributed by atoms with van der Waals surface area (Å²) in [5.74, 6) is -0.00281. The molecule has 2 aromatic carbocycles. The minimum absolute atomic E-state index is 0.00281. The molecular weight excluding hydrogens is 381 g/mol. The van der Waals surface area contributed by atoms with E-state index in [2.05, 4.69) is 0 Å². The van der Waals surface area contributed by atoms with Gasteiger partial charge in [-0.1, -0.05) is 18.2 Å². The average molecular weight is 402 g/mol. The van der Waals surface area contributed by atoms with Crippen LogP contribution in [0.25, 0.3) is 11.0 Å². The van der Waals surface area contributed by atoms with Crippen molar-refractivity contribution in [3.05, 3.63) is 65.4 Å². The highest BCUT2D eigenvalue weighted by molar-refractivity contribution is 5.88. The average Bonchev–Trinajstić information content (AvgIpc) is 3.09. The quantitative estimate of drug-likeness (QED) is 0.640. The van der Waals surface area contributed by atoms with Gasteiger partial charge in [0, 0.05) is 42.8 Å². The summed E-state index contributed by atoms with van der Waals surface area (Å²) in [5.41, 5.74) is 2.58. The number of anilines is 1. The first-order valence-corrected chi connectivity index (χ1v) is 9.48. The Bertz CT molecular complexity index is 1030. The van der Waals surface area contributed by atoms with E-state index >= 15 is 0 Å². The second-order valence-corrected chi connectivity index (χ2v) is 7.35. The molecule has 3 aromatic rings. The van der Waals surface area contributed by atoms with Crippen molar-refractivity contribution in [2.24, 2.45) is 0 Å². The summed E-state index contributed by atoms with van der Waals surface area (Å²) in [6, 6.07) is 11.2. The number of fused-ring (bicyclic) bond motifs is 1. The molecule has 1 fully saturated rings. The van der Waals surface area contributed by atoms with Crippen molar-refractivity contribution >= 4 is 22.6 Å². The Balaban J connectivity index is 1.40. The van der Waals surface area contributed by atoms with Crippen LogP contribution in [0.15, 0.2) is 53.1 Å². The smallest absolute Gasteiger partial charge is 0.416 e. The van der Waals surface area contributed by atoms with E-state index in [1.165, 1.54) is 6.07 Å². The molecule has 4 nitrogen and oxygen atoms in total. The first-order chi connectivity index (χ1) is 13.8. The topological polar surface area (TPSA) is 36.7 Å². The van der Waals surface area contributed by atoms with Gasteiger partial charge in [-0.3, -0.25) is 4.79 Å². The summed E-state index contributed by atoms with van der Waals surface area (Å²) in [6.45, 7) is 3.93. The number of amides is 1. The molecule has 4 rings (SSSR count). The highest BCUT2D eigenvalue weighted by Crippen LogP contribution is 2.32. The summed E-state index contributed by atoms with van der Waals surface area (Å²) in [7, 11) is 0. The first-order valence-electron chi connectivity index (χ1n) is 9.48. The fourth-order valence-corrected chi connectivity index (χ4v) is 3.70. The van der Waals surface area contributed by atoms with Crippen molar-refractivity contribution in [3.8, 4) is 0 Å². The lowest BCUT2D eigenvalue weighted by Crippen LogP contribution is -2.49. The van der Waals surface area contributed by atoms with Gasteiger partial charge in [0.25, 0.3) is 0 Å². The fraction of sp³-hybridized carbons (Fsp3) is 0.318. The Kier molecular flexibility index (Phi) is 4.98. The number of hydrogen-bond acceptors (Lipinski definition) is 3. The van der Waals surface area contributed by atoms with Gasteiger partial charge >= 0.3 is 6.18 Å². The molecule has 0 saturated carbocycles. The number of alkyl halides is 3. The molecule has 1 aliphatic heterocycles. The number of furan rings is 1. The highest BCUT2D eigenvalue weighted by Gasteiger charge is 2.31. The van der Waals surface area contributed by atoms with Gasteiger partial charge in [0.05, 0.1) is 18.2 Å². The van der Waals surface area contributed by atoms with Crippen LogP contribution < -0.4 is 4.90 Å². The summed E-state index contributed by atoms with van der Waals surface area (Å²) in [6.07, 6.45) is -2.49. The van der Waals surface area contributed by atoms with E-state index in [4.69, 9.17) is 4.42 Å². The highest BCUT2D eigenvalue weighted by atomic mass is 19.4. The van der Waals surface area contributed by atoms with E-state index < -0.39 is 11.7 Å². The van der Waals surface area contributed by atoms with Crippen molar-refractivity contribution in [2.45, 2.75) is 19.5 Å². The van der Waals surface area contributed by atoms with Crippen LogP contribution in [0.1, 0.15) is 16.7 Å². The molecule has 0 atom stereocenters. The molecule has 7 heteroatoms. The molecule has 0 bridgehead atoms. The lowest BCUT2D eigenvalue weighted by atomic mass is 10.1. The number of rotatable bonds is 3. The Morgan fingerprint density at radius 1 is 1.07 bits per heavy atom. The number of benzene rings is 2. The number of carbonyl (C=O) groups is 1. The van der Waals surface area contributed by atoms with Gasteiger partial charge in [0.1, 0.15) is 5.58 Å². The third kappa shape index (κ3) is 4.09. The summed E-state index contributed by atoms with van der Waals surface area (Å²) in [4.78, 5) is 16.4. The van der Waals surface area contributed by atoms with Crippen LogP contribution in [0.4, 0.5) is 18.9 Å². The molecule has 1 aromatic heterocycles. The molecule has 1 aliphatic rings. The molecule has 2 heterocycles. The normalized spacial score (nSPS) is 15.2. The SMILES string of the molecule is Cc1ccc2c(CC(=O)N3CCN(c4cccc(C(F)(F)F)c4)CC3)coc2c1. The molecule has 0 aliphatic carbocycles. The minimum atomic E-state index is -4.36. The standard InChI is InChI=1S/C22H21F3N2O2/c1-15-5-6-19-16(14-29-20(19)11-15)12-21(28)27-9-7-26(8-10-27)18-4-2-3-17(13-18)22(23,24)25/h2-6,11,13-14H,7-10,12H2,1H3. The lowest BCUT2D eigenvalue weighted by Gasteiger charge is -2.36. The maximum atomic E-state index is 12.9. The van der Waals surface area contributed by atoms with E-state index in [0.29, 0.717) is 31.9 Å². The van der Waals surface area contributed by atoms with Crippen LogP contribution in [-0.4, -0.2) is 37.0 Å². The van der Waals surface area contributed by atoms with Crippen molar-refractivity contribution < 1.29 is 22.4 Å². The van der Waals surface area contributed by atoms with Gasteiger partial charge < -0.3 is 14.2 Å². The van der Waals surface area contributed by atoms with Crippen molar-refractivity contribution in [1.82, 2.24) is 4.90 Å². The summed E-state index contributed by atoms with van der Waals surface area (Å²) < 4.78 is 44.4. The molecule has 29 heavy (non-hydrogen) atoms. The van der Waals surface area contributed by atoms with Crippen LogP contribution in [0.5, 0.6) is 0 Å². The zero-order valence-electron chi connectivity index (χ0n) is 16.0. The van der Waals surface area contributed by atoms with E-state index in [1.54, 1.807) is 17.2 Å². The lowest BCUT2D eigenvalue weighted by molar-refractivity contribution is -0.137. The van der Waals surface area contributed by atoms with Gasteiger partial charge in [0.15, 0.2) is 0 Å². The van der Waals surface area contributed by atoms with Gasteiger partial charge in [-0.2, -0.15) is 13.2 Å². The third-order valence-corrected chi connectivity index (χ3v) is 5.32. The number of nitrogens with zero attached hydrogens (tertiary/aromatic N) is 2. The van der Waals surface area contributed by atoms with Gasteiger partial charge in [-0.25, -0.2) is 0 Å². The Labute approximate surface area is 166 Å². The zero-order chi connectivity index (χ0) is 20.6. The van der Waals surface area contributed by atoms with Gasteiger partial charge in [-0.15, -0.1) is 0 Å². The number of carbonyl (C=O) groups excluding carboxylic acids is 1. The number of piperazine rings is 1. The monoisotopic (exact) mass is 402 g/mol. The molecule has 152 valence electrons.